The first kappa shape index (κ1) is 62.2. The molecule has 452 valence electrons. The molecule has 10 rings (SSSR count). The van der Waals surface area contributed by atoms with E-state index >= 15 is 0 Å². The number of anilines is 7. The van der Waals surface area contributed by atoms with E-state index in [-0.39, 0.29) is 71.7 Å². The first-order chi connectivity index (χ1) is 42.1. The zero-order chi connectivity index (χ0) is 62.9. The summed E-state index contributed by atoms with van der Waals surface area (Å²) in [6.07, 6.45) is 2.70. The van der Waals surface area contributed by atoms with Crippen LogP contribution in [0.25, 0.3) is 16.8 Å². The molecule has 0 heterocycles. The molecule has 0 spiro atoms. The van der Waals surface area contributed by atoms with Crippen molar-refractivity contribution in [3.8, 4) is 0 Å². The van der Waals surface area contributed by atoms with Crippen molar-refractivity contribution in [1.82, 2.24) is 0 Å². The first-order valence-electron chi connectivity index (χ1n) is 29.8. The van der Waals surface area contributed by atoms with Gasteiger partial charge in [0.15, 0.2) is 11.6 Å². The van der Waals surface area contributed by atoms with Crippen molar-refractivity contribution in [1.29, 1.82) is 0 Å². The third kappa shape index (κ3) is 12.2. The van der Waals surface area contributed by atoms with Gasteiger partial charge in [0.2, 0.25) is 0 Å². The van der Waals surface area contributed by atoms with Crippen LogP contribution < -0.4 is 25.8 Å². The number of benzene rings is 9. The van der Waals surface area contributed by atoms with Gasteiger partial charge in [0.25, 0.3) is 10.1 Å². The molecule has 4 N–H and O–H groups in total. The van der Waals surface area contributed by atoms with Gasteiger partial charge in [-0.3, -0.25) is 14.1 Å². The Kier molecular flexibility index (Phi) is 18.0. The smallest absolute Gasteiger partial charge is 0.295 e. The largest absolute Gasteiger partial charge is 0.744 e. The van der Waals surface area contributed by atoms with Gasteiger partial charge in [0.1, 0.15) is 15.0 Å². The highest BCUT2D eigenvalue weighted by Gasteiger charge is 2.35. The van der Waals surface area contributed by atoms with Crippen molar-refractivity contribution >= 4 is 88.5 Å². The van der Waals surface area contributed by atoms with Crippen LogP contribution in [0.2, 0.25) is 0 Å². The first-order valence-corrected chi connectivity index (χ1v) is 32.6. The highest BCUT2D eigenvalue weighted by Crippen LogP contribution is 2.44. The lowest BCUT2D eigenvalue weighted by Gasteiger charge is -2.28. The van der Waals surface area contributed by atoms with E-state index in [1.165, 1.54) is 41.8 Å². The van der Waals surface area contributed by atoms with E-state index in [9.17, 15) is 35.5 Å². The molecule has 1 aliphatic carbocycles. The Balaban J connectivity index is 0.941. The van der Waals surface area contributed by atoms with Crippen molar-refractivity contribution in [3.63, 3.8) is 0 Å². The number of hydrogen-bond donors (Lipinski definition) is 4. The zero-order valence-corrected chi connectivity index (χ0v) is 52.9. The van der Waals surface area contributed by atoms with Gasteiger partial charge in [0.05, 0.1) is 27.4 Å². The molecule has 9 aromatic rings. The van der Waals surface area contributed by atoms with Gasteiger partial charge in [-0.25, -0.2) is 8.42 Å². The predicted molar refractivity (Wildman–Crippen MR) is 357 cm³/mol. The Hall–Kier alpha value is -8.86. The summed E-state index contributed by atoms with van der Waals surface area (Å²) in [5.41, 5.74) is 13.9. The van der Waals surface area contributed by atoms with Crippen molar-refractivity contribution < 1.29 is 35.5 Å². The van der Waals surface area contributed by atoms with Crippen molar-refractivity contribution in [2.24, 2.45) is 0 Å². The minimum Gasteiger partial charge on any atom is -0.744 e. The van der Waals surface area contributed by atoms with E-state index in [1.54, 1.807) is 62.4 Å². The number of fused-ring (bicyclic) bond motifs is 3. The lowest BCUT2D eigenvalue weighted by atomic mass is 9.80. The second-order valence-electron chi connectivity index (χ2n) is 22.8. The SMILES string of the molecule is C=Cc1ccc(CNc2ccc(C(c3ccc(N(CC)CC)cc3)c3ccc(N(CC)CCCc4cc(C)c(Nc5ccc(Nc6c(C)cc(C)c(S(=O)(=O)[O-])c6C)c6c5C(=O)c5ccccc5C6=O)c(C)c4S(=O)(=O)O)cc3C)c3ccccc23)cc1. The molecule has 0 bridgehead atoms. The molecule has 13 nitrogen and oxygen atoms in total. The van der Waals surface area contributed by atoms with Gasteiger partial charge in [-0.1, -0.05) is 122 Å². The van der Waals surface area contributed by atoms with E-state index in [0.29, 0.717) is 54.9 Å². The molecule has 0 radical (unpaired) electrons. The van der Waals surface area contributed by atoms with Crippen molar-refractivity contribution in [2.45, 2.75) is 97.4 Å². The normalized spacial score (nSPS) is 12.6. The highest BCUT2D eigenvalue weighted by atomic mass is 32.2. The summed E-state index contributed by atoms with van der Waals surface area (Å²) < 4.78 is 75.4. The molecule has 88 heavy (non-hydrogen) atoms. The van der Waals surface area contributed by atoms with Crippen LogP contribution in [-0.4, -0.2) is 63.7 Å². The Bertz CT molecular complexity index is 4460. The minimum absolute atomic E-state index is 0.00193. The van der Waals surface area contributed by atoms with Crippen molar-refractivity contribution in [3.05, 3.63) is 247 Å². The number of carbonyl (C=O) groups is 2. The summed E-state index contributed by atoms with van der Waals surface area (Å²) in [6.45, 7) is 24.5. The van der Waals surface area contributed by atoms with Crippen LogP contribution in [0.4, 0.5) is 39.8 Å². The van der Waals surface area contributed by atoms with Gasteiger partial charge >= 0.3 is 0 Å². The molecule has 0 saturated heterocycles. The van der Waals surface area contributed by atoms with E-state index < -0.39 is 31.8 Å². The number of nitrogens with zero attached hydrogens (tertiary/aromatic N) is 2. The van der Waals surface area contributed by atoms with Crippen LogP contribution in [0.3, 0.4) is 0 Å². The van der Waals surface area contributed by atoms with Gasteiger partial charge in [-0.15, -0.1) is 0 Å². The van der Waals surface area contributed by atoms with E-state index in [2.05, 4.69) is 163 Å². The van der Waals surface area contributed by atoms with Crippen LogP contribution in [0, 0.1) is 41.5 Å². The highest BCUT2D eigenvalue weighted by molar-refractivity contribution is 7.86. The molecular formula is C73H74N5O8S2-. The summed E-state index contributed by atoms with van der Waals surface area (Å²) in [4.78, 5) is 33.2. The molecule has 1 atom stereocenters. The minimum atomic E-state index is -4.89. The number of hydrogen-bond acceptors (Lipinski definition) is 12. The second kappa shape index (κ2) is 25.5. The van der Waals surface area contributed by atoms with Crippen molar-refractivity contribution in [2.75, 3.05) is 51.9 Å². The maximum Gasteiger partial charge on any atom is 0.295 e. The number of aryl methyl sites for hydroxylation is 5. The Morgan fingerprint density at radius 2 is 1.10 bits per heavy atom. The van der Waals surface area contributed by atoms with Gasteiger partial charge in [-0.05, 0) is 190 Å². The molecule has 15 heteroatoms. The van der Waals surface area contributed by atoms with Gasteiger partial charge in [0, 0.05) is 83.6 Å². The zero-order valence-electron chi connectivity index (χ0n) is 51.3. The number of rotatable bonds is 22. The summed E-state index contributed by atoms with van der Waals surface area (Å²) in [5, 5.41) is 12.5. The van der Waals surface area contributed by atoms with Crippen LogP contribution in [0.1, 0.15) is 132 Å². The molecule has 0 aromatic heterocycles. The second-order valence-corrected chi connectivity index (χ2v) is 25.5. The Labute approximate surface area is 517 Å². The molecule has 1 unspecified atom stereocenters. The van der Waals surface area contributed by atoms with Crippen LogP contribution in [-0.2, 0) is 33.2 Å². The summed E-state index contributed by atoms with van der Waals surface area (Å²) in [6, 6.07) is 50.0. The molecule has 9 aromatic carbocycles. The van der Waals surface area contributed by atoms with E-state index in [0.717, 1.165) is 46.4 Å². The average molecular weight is 1210 g/mol. The predicted octanol–water partition coefficient (Wildman–Crippen LogP) is 15.8. The average Bonchev–Trinajstić information content (AvgIpc) is 1.05. The summed E-state index contributed by atoms with van der Waals surface area (Å²) >= 11 is 0. The quantitative estimate of drug-likeness (QED) is 0.0371. The number of carbonyl (C=O) groups excluding carboxylic acids is 2. The topological polar surface area (TPSA) is 188 Å². The fourth-order valence-electron chi connectivity index (χ4n) is 13.0. The molecule has 0 amide bonds. The summed E-state index contributed by atoms with van der Waals surface area (Å²) in [7, 11) is -9.70. The van der Waals surface area contributed by atoms with Crippen LogP contribution in [0.5, 0.6) is 0 Å². The summed E-state index contributed by atoms with van der Waals surface area (Å²) in [5.74, 6) is -1.05. The number of nitrogens with one attached hydrogen (secondary N) is 3. The van der Waals surface area contributed by atoms with E-state index in [4.69, 9.17) is 0 Å². The lowest BCUT2D eigenvalue weighted by molar-refractivity contribution is 0.0980. The maximum atomic E-state index is 14.6. The fraction of sp³-hybridized carbons (Fsp3) is 0.233. The van der Waals surface area contributed by atoms with Gasteiger partial charge in [-0.2, -0.15) is 8.42 Å². The molecule has 0 aliphatic heterocycles. The third-order valence-corrected chi connectivity index (χ3v) is 19.5. The number of ketones is 2. The molecule has 0 fully saturated rings. The van der Waals surface area contributed by atoms with Gasteiger partial charge < -0.3 is 30.3 Å². The fourth-order valence-corrected chi connectivity index (χ4v) is 14.9. The van der Waals surface area contributed by atoms with Crippen LogP contribution >= 0.6 is 0 Å². The van der Waals surface area contributed by atoms with E-state index in [1.807, 2.05) is 13.0 Å². The maximum absolute atomic E-state index is 14.6. The Morgan fingerprint density at radius 1 is 0.568 bits per heavy atom. The standard InChI is InChI=1S/C73H75N5O8S2/c1-11-50-25-27-51(28-26-50)43-74-62-36-35-59(57-21-15-16-22-58(57)62)65(52-29-31-54(32-30-52)77(12-2)13-3)56-34-33-55(42-44(56)5)78(14-4)39-19-20-53-41-46(7)69(49(10)73(53)88(84,85)86)76-64-38-37-63(66-67(64)71(80)61-24-18-17-23-60(61)70(66)79)75-68-45(6)40-47(8)72(48(68)9)87(81,82)83/h11,15-18,21-38,40-42,65,74-76H,1,12-14,19-20,39,43H2,2-10H3,(H,81,82,83)(H,84,85,86)/p-1. The van der Waals surface area contributed by atoms with Crippen LogP contribution in [0.15, 0.2) is 168 Å². The monoisotopic (exact) mass is 1210 g/mol. The lowest BCUT2D eigenvalue weighted by Crippen LogP contribution is -2.25. The third-order valence-electron chi connectivity index (χ3n) is 17.3. The molecule has 0 saturated carbocycles. The molecule has 1 aliphatic rings. The Morgan fingerprint density at radius 3 is 1.66 bits per heavy atom. The molecular weight excluding hydrogens is 1140 g/mol.